The predicted octanol–water partition coefficient (Wildman–Crippen LogP) is 2.29. The Morgan fingerprint density at radius 2 is 1.79 bits per heavy atom. The molecule has 2 heterocycles. The van der Waals surface area contributed by atoms with Gasteiger partial charge in [-0.25, -0.2) is 8.78 Å². The molecular weight excluding hydrogens is 395 g/mol. The number of hydrogen-bond donors (Lipinski definition) is 1. The van der Waals surface area contributed by atoms with Crippen LogP contribution in [-0.2, 0) is 4.79 Å². The summed E-state index contributed by atoms with van der Waals surface area (Å²) >= 11 is 0. The Morgan fingerprint density at radius 1 is 1.10 bits per heavy atom. The molecule has 2 N–H and O–H groups in total. The number of amides is 1. The maximum atomic E-state index is 14.0. The Bertz CT molecular complexity index is 667. The number of piperidine rings is 2. The molecule has 1 aromatic carbocycles. The highest BCUT2D eigenvalue weighted by Crippen LogP contribution is 2.25. The Labute approximate surface area is 174 Å². The zero-order chi connectivity index (χ0) is 20.8. The van der Waals surface area contributed by atoms with Crippen molar-refractivity contribution in [2.24, 2.45) is 11.7 Å². The number of halogens is 2. The fourth-order valence-electron chi connectivity index (χ4n) is 4.21. The maximum absolute atomic E-state index is 14.0. The molecular formula is C21H32F2N3O2P. The molecule has 1 amide bonds. The van der Waals surface area contributed by atoms with Crippen LogP contribution in [0.5, 0.6) is 5.75 Å². The van der Waals surface area contributed by atoms with Gasteiger partial charge < -0.3 is 20.3 Å². The summed E-state index contributed by atoms with van der Waals surface area (Å²) in [4.78, 5) is 17.2. The third kappa shape index (κ3) is 6.09. The predicted molar refractivity (Wildman–Crippen MR) is 113 cm³/mol. The number of nitrogens with two attached hydrogens (primary N) is 1. The molecule has 29 heavy (non-hydrogen) atoms. The van der Waals surface area contributed by atoms with Crippen molar-refractivity contribution in [3.63, 3.8) is 0 Å². The van der Waals surface area contributed by atoms with Gasteiger partial charge in [-0.05, 0) is 57.9 Å². The highest BCUT2D eigenvalue weighted by atomic mass is 31.0. The maximum Gasteiger partial charge on any atom is 0.225 e. The molecule has 0 bridgehead atoms. The van der Waals surface area contributed by atoms with Crippen LogP contribution in [0.15, 0.2) is 12.1 Å². The molecule has 0 aromatic heterocycles. The van der Waals surface area contributed by atoms with Crippen LogP contribution in [0, 0.1) is 17.6 Å². The summed E-state index contributed by atoms with van der Waals surface area (Å²) in [5.41, 5.74) is 5.55. The second-order valence-corrected chi connectivity index (χ2v) is 8.68. The number of unbranched alkanes of at least 4 members (excludes halogenated alkanes) is 1. The SMILES string of the molecule is NCCCCN1CCC(C(=O)N2CCC(Oc3c(F)cc(F)cc3P)CC2)CC1. The zero-order valence-corrected chi connectivity index (χ0v) is 18.1. The van der Waals surface area contributed by atoms with E-state index in [9.17, 15) is 13.6 Å². The van der Waals surface area contributed by atoms with Gasteiger partial charge in [-0.15, -0.1) is 9.24 Å². The number of rotatable bonds is 7. The van der Waals surface area contributed by atoms with E-state index >= 15 is 0 Å². The van der Waals surface area contributed by atoms with E-state index in [1.807, 2.05) is 4.90 Å². The van der Waals surface area contributed by atoms with Gasteiger partial charge in [-0.3, -0.25) is 4.79 Å². The van der Waals surface area contributed by atoms with E-state index in [0.717, 1.165) is 57.9 Å². The second kappa shape index (κ2) is 10.6. The smallest absolute Gasteiger partial charge is 0.225 e. The van der Waals surface area contributed by atoms with E-state index in [-0.39, 0.29) is 23.7 Å². The minimum atomic E-state index is -0.688. The summed E-state index contributed by atoms with van der Waals surface area (Å²) in [6, 6.07) is 2.08. The number of likely N-dealkylation sites (tertiary alicyclic amines) is 2. The van der Waals surface area contributed by atoms with Crippen molar-refractivity contribution in [2.45, 2.75) is 44.6 Å². The number of hydrogen-bond acceptors (Lipinski definition) is 4. The monoisotopic (exact) mass is 427 g/mol. The Morgan fingerprint density at radius 3 is 2.41 bits per heavy atom. The Hall–Kier alpha value is -1.30. The third-order valence-electron chi connectivity index (χ3n) is 5.94. The first-order valence-electron chi connectivity index (χ1n) is 10.6. The molecule has 2 fully saturated rings. The topological polar surface area (TPSA) is 58.8 Å². The summed E-state index contributed by atoms with van der Waals surface area (Å²) in [6.45, 7) is 4.99. The first-order valence-corrected chi connectivity index (χ1v) is 11.2. The number of ether oxygens (including phenoxy) is 1. The summed E-state index contributed by atoms with van der Waals surface area (Å²) in [6.07, 6.45) is 5.15. The number of benzene rings is 1. The summed E-state index contributed by atoms with van der Waals surface area (Å²) in [5.74, 6) is -0.878. The number of carbonyl (C=O) groups excluding carboxylic acids is 1. The molecule has 2 saturated heterocycles. The average Bonchev–Trinajstić information content (AvgIpc) is 2.71. The van der Waals surface area contributed by atoms with Gasteiger partial charge in [-0.2, -0.15) is 0 Å². The molecule has 0 saturated carbocycles. The minimum Gasteiger partial charge on any atom is -0.487 e. The lowest BCUT2D eigenvalue weighted by atomic mass is 9.94. The average molecular weight is 427 g/mol. The van der Waals surface area contributed by atoms with Gasteiger partial charge in [0.05, 0.1) is 0 Å². The normalized spacial score (nSPS) is 19.5. The lowest BCUT2D eigenvalue weighted by Gasteiger charge is -2.37. The van der Waals surface area contributed by atoms with Crippen molar-refractivity contribution in [1.82, 2.24) is 9.80 Å². The summed E-state index contributed by atoms with van der Waals surface area (Å²) < 4.78 is 33.0. The molecule has 8 heteroatoms. The first kappa shape index (κ1) is 22.4. The van der Waals surface area contributed by atoms with E-state index in [2.05, 4.69) is 14.1 Å². The van der Waals surface area contributed by atoms with Crippen LogP contribution < -0.4 is 15.8 Å². The lowest BCUT2D eigenvalue weighted by Crippen LogP contribution is -2.47. The third-order valence-corrected chi connectivity index (χ3v) is 6.37. The second-order valence-electron chi connectivity index (χ2n) is 8.06. The van der Waals surface area contributed by atoms with E-state index in [1.54, 1.807) is 0 Å². The van der Waals surface area contributed by atoms with Crippen molar-refractivity contribution in [2.75, 3.05) is 39.3 Å². The van der Waals surface area contributed by atoms with Gasteiger partial charge in [-0.1, -0.05) is 0 Å². The van der Waals surface area contributed by atoms with Crippen LogP contribution in [0.25, 0.3) is 0 Å². The molecule has 0 aliphatic carbocycles. The first-order chi connectivity index (χ1) is 14.0. The van der Waals surface area contributed by atoms with Crippen molar-refractivity contribution in [3.8, 4) is 5.75 Å². The highest BCUT2D eigenvalue weighted by molar-refractivity contribution is 7.27. The minimum absolute atomic E-state index is 0.0863. The molecule has 0 spiro atoms. The molecule has 3 rings (SSSR count). The van der Waals surface area contributed by atoms with Crippen molar-refractivity contribution in [1.29, 1.82) is 0 Å². The molecule has 162 valence electrons. The molecule has 1 atom stereocenters. The molecule has 5 nitrogen and oxygen atoms in total. The van der Waals surface area contributed by atoms with E-state index in [4.69, 9.17) is 10.5 Å². The molecule has 2 aliphatic rings. The van der Waals surface area contributed by atoms with Crippen molar-refractivity contribution < 1.29 is 18.3 Å². The quantitative estimate of drug-likeness (QED) is 0.536. The van der Waals surface area contributed by atoms with Gasteiger partial charge in [0, 0.05) is 43.2 Å². The van der Waals surface area contributed by atoms with Crippen LogP contribution in [-0.4, -0.2) is 61.1 Å². The molecule has 0 radical (unpaired) electrons. The Kier molecular flexibility index (Phi) is 8.22. The van der Waals surface area contributed by atoms with Gasteiger partial charge in [0.15, 0.2) is 11.6 Å². The van der Waals surface area contributed by atoms with Crippen LogP contribution in [0.4, 0.5) is 8.78 Å². The highest BCUT2D eigenvalue weighted by Gasteiger charge is 2.31. The van der Waals surface area contributed by atoms with Gasteiger partial charge in [0.25, 0.3) is 0 Å². The number of nitrogens with zero attached hydrogens (tertiary/aromatic N) is 2. The van der Waals surface area contributed by atoms with Gasteiger partial charge >= 0.3 is 0 Å². The zero-order valence-electron chi connectivity index (χ0n) is 16.9. The standard InChI is InChI=1S/C21H32F2N3O2P/c22-16-13-18(23)20(19(29)14-16)28-17-5-11-26(12-6-17)21(27)15-3-9-25(10-4-15)8-2-1-7-24/h13-15,17H,1-12,24,29H2. The Balaban J connectivity index is 1.43. The summed E-state index contributed by atoms with van der Waals surface area (Å²) in [7, 11) is 2.31. The fourth-order valence-corrected chi connectivity index (χ4v) is 4.57. The van der Waals surface area contributed by atoms with Crippen LogP contribution in [0.2, 0.25) is 0 Å². The van der Waals surface area contributed by atoms with Crippen molar-refractivity contribution in [3.05, 3.63) is 23.8 Å². The van der Waals surface area contributed by atoms with Crippen LogP contribution >= 0.6 is 9.24 Å². The molecule has 2 aliphatic heterocycles. The van der Waals surface area contributed by atoms with E-state index in [1.165, 1.54) is 6.07 Å². The number of carbonyl (C=O) groups is 1. The van der Waals surface area contributed by atoms with E-state index < -0.39 is 11.6 Å². The molecule has 1 aromatic rings. The van der Waals surface area contributed by atoms with Crippen molar-refractivity contribution >= 4 is 20.5 Å². The van der Waals surface area contributed by atoms with Gasteiger partial charge in [0.2, 0.25) is 5.91 Å². The fraction of sp³-hybridized carbons (Fsp3) is 0.667. The largest absolute Gasteiger partial charge is 0.487 e. The lowest BCUT2D eigenvalue weighted by molar-refractivity contribution is -0.138. The van der Waals surface area contributed by atoms with E-state index in [0.29, 0.717) is 31.2 Å². The van der Waals surface area contributed by atoms with Crippen LogP contribution in [0.3, 0.4) is 0 Å². The van der Waals surface area contributed by atoms with Gasteiger partial charge in [0.1, 0.15) is 11.9 Å². The van der Waals surface area contributed by atoms with Crippen LogP contribution in [0.1, 0.15) is 38.5 Å². The summed E-state index contributed by atoms with van der Waals surface area (Å²) in [5, 5.41) is 0.374. The molecule has 1 unspecified atom stereocenters.